The molecule has 0 bridgehead atoms. The smallest absolute Gasteiger partial charge is 1.00 e. The van der Waals surface area contributed by atoms with Gasteiger partial charge in [0, 0.05) is 0 Å². The quantitative estimate of drug-likeness (QED) is 0.211. The molecule has 0 aliphatic heterocycles. The van der Waals surface area contributed by atoms with Gasteiger partial charge in [0.15, 0.2) is 0 Å². The second-order valence-corrected chi connectivity index (χ2v) is 8.88. The van der Waals surface area contributed by atoms with Crippen LogP contribution < -0.4 is 51.4 Å². The van der Waals surface area contributed by atoms with Crippen LogP contribution in [0.4, 0.5) is 0 Å². The third-order valence-electron chi connectivity index (χ3n) is 5.29. The first-order chi connectivity index (χ1) is 12.0. The minimum Gasteiger partial charge on any atom is -1.00 e. The van der Waals surface area contributed by atoms with E-state index in [2.05, 4.69) is 0 Å². The number of rotatable bonds is 14. The van der Waals surface area contributed by atoms with Crippen molar-refractivity contribution < 1.29 is 85.6 Å². The van der Waals surface area contributed by atoms with Crippen molar-refractivity contribution >= 4 is 22.1 Å². The maximum Gasteiger partial charge on any atom is 1.00 e. The Morgan fingerprint density at radius 1 is 0.963 bits per heavy atom. The van der Waals surface area contributed by atoms with Crippen LogP contribution >= 0.6 is 0 Å². The molecule has 0 saturated carbocycles. The molecule has 27 heavy (non-hydrogen) atoms. The van der Waals surface area contributed by atoms with Crippen molar-refractivity contribution in [3.8, 4) is 0 Å². The van der Waals surface area contributed by atoms with Crippen LogP contribution in [0, 0.1) is 17.8 Å². The second-order valence-electron chi connectivity index (χ2n) is 7.26. The van der Waals surface area contributed by atoms with Crippen LogP contribution in [-0.4, -0.2) is 39.9 Å². The molecule has 0 rings (SSSR count). The van der Waals surface area contributed by atoms with E-state index in [1.54, 1.807) is 6.92 Å². The van der Waals surface area contributed by atoms with Crippen molar-refractivity contribution in [2.45, 2.75) is 83.8 Å². The first-order valence-corrected chi connectivity index (χ1v) is 10.9. The molecular formula is C18H35KO7S. The summed E-state index contributed by atoms with van der Waals surface area (Å²) in [7, 11) is -5.16. The van der Waals surface area contributed by atoms with Crippen LogP contribution in [0.5, 0.6) is 0 Å². The van der Waals surface area contributed by atoms with Gasteiger partial charge in [0.05, 0.1) is 5.92 Å². The first kappa shape index (κ1) is 29.7. The maximum atomic E-state index is 12.3. The Balaban J connectivity index is -0.00000312. The molecule has 0 aromatic heterocycles. The summed E-state index contributed by atoms with van der Waals surface area (Å²) in [5.74, 6) is -6.75. The standard InChI is InChI=1S/C18H34O7S.K.H/c1-5-7-9-11-13(3)15(16(19)20)18(17(21)22,26(23,24)25)14(4)12-10-8-6-2;;/h13-15H,5-12H2,1-4H3,(H,19,20)(H,21,22)(H,23,24,25);;/q;+1;-1. The molecule has 0 aromatic carbocycles. The summed E-state index contributed by atoms with van der Waals surface area (Å²) in [5, 5.41) is 19.6. The Labute approximate surface area is 207 Å². The molecule has 4 unspecified atom stereocenters. The van der Waals surface area contributed by atoms with Crippen LogP contribution in [0.3, 0.4) is 0 Å². The fourth-order valence-corrected chi connectivity index (χ4v) is 5.32. The molecule has 7 nitrogen and oxygen atoms in total. The number of carbonyl (C=O) groups is 2. The Kier molecular flexibility index (Phi) is 15.0. The zero-order chi connectivity index (χ0) is 20.5. The van der Waals surface area contributed by atoms with Gasteiger partial charge in [0.1, 0.15) is 0 Å². The van der Waals surface area contributed by atoms with E-state index in [4.69, 9.17) is 0 Å². The summed E-state index contributed by atoms with van der Waals surface area (Å²) < 4.78 is 31.7. The van der Waals surface area contributed by atoms with E-state index in [0.717, 1.165) is 25.7 Å². The van der Waals surface area contributed by atoms with Gasteiger partial charge in [-0.2, -0.15) is 8.42 Å². The summed E-state index contributed by atoms with van der Waals surface area (Å²) in [6.45, 7) is 6.89. The predicted octanol–water partition coefficient (Wildman–Crippen LogP) is 0.948. The summed E-state index contributed by atoms with van der Waals surface area (Å²) in [5.41, 5.74) is 0. The molecule has 0 aliphatic rings. The van der Waals surface area contributed by atoms with Gasteiger partial charge in [-0.15, -0.1) is 0 Å². The summed E-state index contributed by atoms with van der Waals surface area (Å²) >= 11 is 0. The van der Waals surface area contributed by atoms with E-state index in [1.165, 1.54) is 6.92 Å². The number of hydrogen-bond donors (Lipinski definition) is 3. The molecule has 0 saturated heterocycles. The van der Waals surface area contributed by atoms with Crippen molar-refractivity contribution in [1.29, 1.82) is 0 Å². The van der Waals surface area contributed by atoms with Gasteiger partial charge in [0.2, 0.25) is 4.75 Å². The maximum absolute atomic E-state index is 12.3. The minimum atomic E-state index is -5.16. The van der Waals surface area contributed by atoms with Crippen molar-refractivity contribution in [1.82, 2.24) is 0 Å². The van der Waals surface area contributed by atoms with E-state index in [0.29, 0.717) is 19.3 Å². The normalized spacial score (nSPS) is 17.2. The van der Waals surface area contributed by atoms with E-state index in [9.17, 15) is 32.8 Å². The summed E-state index contributed by atoms with van der Waals surface area (Å²) in [6, 6.07) is 0. The number of carboxylic acid groups (broad SMARTS) is 2. The molecule has 4 atom stereocenters. The van der Waals surface area contributed by atoms with E-state index >= 15 is 0 Å². The van der Waals surface area contributed by atoms with Crippen LogP contribution in [-0.2, 0) is 19.7 Å². The Hall–Kier alpha value is 0.486. The zero-order valence-corrected chi connectivity index (χ0v) is 21.2. The number of hydrogen-bond acceptors (Lipinski definition) is 4. The van der Waals surface area contributed by atoms with Crippen LogP contribution in [0.2, 0.25) is 0 Å². The van der Waals surface area contributed by atoms with Crippen molar-refractivity contribution in [3.05, 3.63) is 0 Å². The third-order valence-corrected chi connectivity index (χ3v) is 6.98. The zero-order valence-electron chi connectivity index (χ0n) is 18.3. The third kappa shape index (κ3) is 7.68. The molecule has 0 aromatic rings. The Morgan fingerprint density at radius 3 is 1.74 bits per heavy atom. The molecule has 3 N–H and O–H groups in total. The molecule has 9 heteroatoms. The SMILES string of the molecule is CCCCCC(C)C(C(=O)O)C(C(=O)O)(C(C)CCCCC)S(=O)(=O)O.[H-].[K+]. The average molecular weight is 435 g/mol. The van der Waals surface area contributed by atoms with Crippen molar-refractivity contribution in [3.63, 3.8) is 0 Å². The molecule has 0 heterocycles. The van der Waals surface area contributed by atoms with Crippen LogP contribution in [0.1, 0.15) is 80.5 Å². The number of aliphatic carboxylic acids is 2. The van der Waals surface area contributed by atoms with Gasteiger partial charge >= 0.3 is 63.3 Å². The first-order valence-electron chi connectivity index (χ1n) is 9.41. The van der Waals surface area contributed by atoms with Gasteiger partial charge in [-0.3, -0.25) is 14.1 Å². The topological polar surface area (TPSA) is 129 Å². The molecule has 0 radical (unpaired) electrons. The summed E-state index contributed by atoms with van der Waals surface area (Å²) in [4.78, 5) is 24.1. The molecular weight excluding hydrogens is 399 g/mol. The van der Waals surface area contributed by atoms with Crippen LogP contribution in [0.15, 0.2) is 0 Å². The van der Waals surface area contributed by atoms with Crippen molar-refractivity contribution in [2.75, 3.05) is 0 Å². The van der Waals surface area contributed by atoms with Gasteiger partial charge in [-0.05, 0) is 24.7 Å². The molecule has 156 valence electrons. The molecule has 0 spiro atoms. The van der Waals surface area contributed by atoms with E-state index in [-0.39, 0.29) is 59.2 Å². The van der Waals surface area contributed by atoms with Gasteiger partial charge < -0.3 is 11.6 Å². The molecule has 0 amide bonds. The Bertz CT molecular complexity index is 570. The fraction of sp³-hybridized carbons (Fsp3) is 0.889. The van der Waals surface area contributed by atoms with Gasteiger partial charge in [0.25, 0.3) is 10.1 Å². The minimum absolute atomic E-state index is 0. The number of carboxylic acids is 2. The summed E-state index contributed by atoms with van der Waals surface area (Å²) in [6.07, 6.45) is 5.21. The fourth-order valence-electron chi connectivity index (χ4n) is 3.82. The van der Waals surface area contributed by atoms with E-state index < -0.39 is 44.6 Å². The number of unbranched alkanes of at least 4 members (excludes halogenated alkanes) is 4. The van der Waals surface area contributed by atoms with E-state index in [1.807, 2.05) is 13.8 Å². The van der Waals surface area contributed by atoms with Crippen molar-refractivity contribution in [2.24, 2.45) is 17.8 Å². The molecule has 0 fully saturated rings. The van der Waals surface area contributed by atoms with Gasteiger partial charge in [-0.1, -0.05) is 66.2 Å². The monoisotopic (exact) mass is 434 g/mol. The second kappa shape index (κ2) is 13.7. The van der Waals surface area contributed by atoms with Crippen LogP contribution in [0.25, 0.3) is 0 Å². The average Bonchev–Trinajstić information content (AvgIpc) is 2.50. The molecule has 0 aliphatic carbocycles. The largest absolute Gasteiger partial charge is 1.00 e. The van der Waals surface area contributed by atoms with Gasteiger partial charge in [-0.25, -0.2) is 0 Å². The Morgan fingerprint density at radius 2 is 1.41 bits per heavy atom. The predicted molar refractivity (Wildman–Crippen MR) is 101 cm³/mol.